The zero-order valence-corrected chi connectivity index (χ0v) is 46.2. The summed E-state index contributed by atoms with van der Waals surface area (Å²) in [5.41, 5.74) is -0.265. The third-order valence-corrected chi connectivity index (χ3v) is 14.2. The molecule has 3 aromatic rings. The number of pyridine rings is 2. The van der Waals surface area contributed by atoms with Crippen molar-refractivity contribution in [3.05, 3.63) is 63.4 Å². The lowest BCUT2D eigenvalue weighted by molar-refractivity contribution is -0.191. The molecule has 3 unspecified atom stereocenters. The smallest absolute Gasteiger partial charge is 0.355 e. The summed E-state index contributed by atoms with van der Waals surface area (Å²) < 4.78 is 18.4. The average Bonchev–Trinajstić information content (AvgIpc) is 4.01. The van der Waals surface area contributed by atoms with Crippen LogP contribution in [0, 0.1) is 17.3 Å². The van der Waals surface area contributed by atoms with Gasteiger partial charge in [-0.1, -0.05) is 66.7 Å². The number of ketones is 3. The number of rotatable bonds is 30. The summed E-state index contributed by atoms with van der Waals surface area (Å²) in [6.45, 7) is 13.3. The Morgan fingerprint density at radius 2 is 1.44 bits per heavy atom. The number of esters is 2. The fourth-order valence-corrected chi connectivity index (χ4v) is 9.64. The Kier molecular flexibility index (Phi) is 22.2. The average molecular weight is 1110 g/mol. The number of aliphatic hydroxyl groups excluding tert-OH is 4. The van der Waals surface area contributed by atoms with Crippen molar-refractivity contribution in [3.8, 4) is 11.4 Å². The minimum absolute atomic E-state index is 0.0410. The maximum absolute atomic E-state index is 14.3. The standard InChI is InChI=1S/C56H76N6O17/c1-9-35(55(6,7)8)50(72)57-21-14-18-41(65)46(68)47(69)48(70)49(71)51(73)58-22-13-17-40(64)38(59-42(66)20-24-77-23-19-31(5)63)27-43(67)61-44(30(3)4)53(75)79-56(10-2)36-26-39-45-33(25-32-15-11-12-16-37(32)60-45)28-62(39)52(74)34(36)29-78-54(56)76/h11-12,15-16,25-26,30,35,38,44,46-49,68-71H,9-10,13-14,17-24,27-29H2,1-8H3,(H,57,72)(H,58,73)(H,59,66)(H,61,67)/t35?,38?,44?,46-,47+,48+,49-,56+/m1/s1. The minimum Gasteiger partial charge on any atom is -0.457 e. The van der Waals surface area contributed by atoms with Crippen molar-refractivity contribution in [1.82, 2.24) is 30.8 Å². The van der Waals surface area contributed by atoms with E-state index in [9.17, 15) is 68.4 Å². The van der Waals surface area contributed by atoms with Gasteiger partial charge in [-0.3, -0.25) is 38.4 Å². The van der Waals surface area contributed by atoms with Crippen molar-refractivity contribution in [2.75, 3.05) is 26.3 Å². The van der Waals surface area contributed by atoms with Crippen molar-refractivity contribution in [1.29, 1.82) is 0 Å². The molecule has 23 heteroatoms. The largest absolute Gasteiger partial charge is 0.457 e. The summed E-state index contributed by atoms with van der Waals surface area (Å²) in [7, 11) is 0. The number of cyclic esters (lactones) is 1. The SMILES string of the molecule is CCC(C(=O)NCCCC(=O)[C@@H](O)[C@H](O)[C@H](O)[C@@H](O)C(=O)NCCCC(=O)C(CC(=O)NC(C(=O)O[C@]1(CC)C(=O)OCc2c1cc1n(c2=O)Cc2cc3ccccc3nc2-1)C(C)C)NC(=O)CCOCCC(C)=O)C(C)(C)C. The normalized spacial score (nSPS) is 17.4. The summed E-state index contributed by atoms with van der Waals surface area (Å²) >= 11 is 0. The molecular weight excluding hydrogens is 1030 g/mol. The molecule has 8 N–H and O–H groups in total. The number of carbonyl (C=O) groups is 9. The number of carbonyl (C=O) groups excluding carboxylic acids is 9. The summed E-state index contributed by atoms with van der Waals surface area (Å²) in [6.07, 6.45) is -10.3. The van der Waals surface area contributed by atoms with E-state index in [1.807, 2.05) is 58.0 Å². The van der Waals surface area contributed by atoms with Crippen LogP contribution in [-0.2, 0) is 76.1 Å². The van der Waals surface area contributed by atoms with Crippen LogP contribution in [0.1, 0.15) is 130 Å². The number of hydrogen-bond donors (Lipinski definition) is 8. The first kappa shape index (κ1) is 63.0. The molecule has 0 saturated carbocycles. The van der Waals surface area contributed by atoms with Crippen molar-refractivity contribution in [3.63, 3.8) is 0 Å². The number of fused-ring (bicyclic) bond motifs is 5. The molecule has 1 aromatic carbocycles. The van der Waals surface area contributed by atoms with E-state index in [1.165, 1.54) is 11.5 Å². The first-order valence-electron chi connectivity index (χ1n) is 26.8. The molecule has 0 fully saturated rings. The molecule has 5 rings (SSSR count). The van der Waals surface area contributed by atoms with Crippen molar-refractivity contribution < 1.29 is 77.8 Å². The Balaban J connectivity index is 1.21. The van der Waals surface area contributed by atoms with Gasteiger partial charge in [0, 0.05) is 61.2 Å². The van der Waals surface area contributed by atoms with Gasteiger partial charge in [0.1, 0.15) is 36.7 Å². The topological polar surface area (TPSA) is 345 Å². The van der Waals surface area contributed by atoms with Gasteiger partial charge in [0.15, 0.2) is 17.7 Å². The Morgan fingerprint density at radius 3 is 2.08 bits per heavy atom. The van der Waals surface area contributed by atoms with E-state index in [1.54, 1.807) is 26.8 Å². The second-order valence-corrected chi connectivity index (χ2v) is 21.5. The molecule has 79 heavy (non-hydrogen) atoms. The molecule has 0 saturated heterocycles. The van der Waals surface area contributed by atoms with E-state index >= 15 is 0 Å². The van der Waals surface area contributed by atoms with Gasteiger partial charge < -0.3 is 60.5 Å². The Bertz CT molecular complexity index is 2820. The number of nitrogens with one attached hydrogen (secondary N) is 4. The van der Waals surface area contributed by atoms with Crippen LogP contribution in [0.5, 0.6) is 0 Å². The number of para-hydroxylation sites is 1. The number of Topliss-reactive ketones (excluding diaryl/α,β-unsaturated/α-hetero) is 3. The van der Waals surface area contributed by atoms with Crippen LogP contribution in [0.4, 0.5) is 0 Å². The molecule has 8 atom stereocenters. The molecule has 2 aromatic heterocycles. The molecule has 0 bridgehead atoms. The zero-order valence-electron chi connectivity index (χ0n) is 46.2. The van der Waals surface area contributed by atoms with E-state index in [4.69, 9.17) is 19.2 Å². The Labute approximate surface area is 457 Å². The number of benzene rings is 1. The molecule has 0 aliphatic carbocycles. The lowest BCUT2D eigenvalue weighted by Gasteiger charge is -2.37. The lowest BCUT2D eigenvalue weighted by Crippen LogP contribution is -2.53. The first-order valence-corrected chi connectivity index (χ1v) is 26.8. The monoisotopic (exact) mass is 1100 g/mol. The van der Waals surface area contributed by atoms with Gasteiger partial charge in [-0.05, 0) is 62.1 Å². The van der Waals surface area contributed by atoms with Gasteiger partial charge in [0.05, 0.1) is 54.7 Å². The van der Waals surface area contributed by atoms with Crippen LogP contribution in [-0.4, -0.2) is 146 Å². The first-order chi connectivity index (χ1) is 37.3. The summed E-state index contributed by atoms with van der Waals surface area (Å²) in [6, 6.07) is 8.04. The van der Waals surface area contributed by atoms with Gasteiger partial charge >= 0.3 is 11.9 Å². The van der Waals surface area contributed by atoms with Crippen molar-refractivity contribution in [2.45, 2.75) is 168 Å². The highest BCUT2D eigenvalue weighted by Gasteiger charge is 2.51. The predicted molar refractivity (Wildman–Crippen MR) is 284 cm³/mol. The quantitative estimate of drug-likeness (QED) is 0.0271. The molecule has 2 aliphatic rings. The fourth-order valence-electron chi connectivity index (χ4n) is 9.64. The maximum Gasteiger partial charge on any atom is 0.355 e. The third-order valence-electron chi connectivity index (χ3n) is 14.2. The van der Waals surface area contributed by atoms with E-state index < -0.39 is 101 Å². The van der Waals surface area contributed by atoms with E-state index in [0.717, 1.165) is 10.9 Å². The molecule has 432 valence electrons. The Morgan fingerprint density at radius 1 is 0.810 bits per heavy atom. The number of nitrogens with zero attached hydrogens (tertiary/aromatic N) is 2. The summed E-state index contributed by atoms with van der Waals surface area (Å²) in [5, 5.41) is 52.9. The van der Waals surface area contributed by atoms with Gasteiger partial charge in [-0.15, -0.1) is 0 Å². The van der Waals surface area contributed by atoms with Crippen LogP contribution < -0.4 is 26.8 Å². The fraction of sp³-hybridized carbons (Fsp3) is 0.589. The zero-order chi connectivity index (χ0) is 58.5. The second-order valence-electron chi connectivity index (χ2n) is 21.5. The van der Waals surface area contributed by atoms with Crippen molar-refractivity contribution >= 4 is 63.8 Å². The van der Waals surface area contributed by atoms with E-state index in [-0.39, 0.29) is 119 Å². The van der Waals surface area contributed by atoms with E-state index in [0.29, 0.717) is 23.3 Å². The Hall–Kier alpha value is -6.79. The third kappa shape index (κ3) is 15.7. The molecule has 0 radical (unpaired) electrons. The number of amides is 4. The number of aromatic nitrogens is 2. The summed E-state index contributed by atoms with van der Waals surface area (Å²) in [4.78, 5) is 137. The van der Waals surface area contributed by atoms with E-state index in [2.05, 4.69) is 21.3 Å². The minimum atomic E-state index is -2.34. The lowest BCUT2D eigenvalue weighted by atomic mass is 9.78. The number of ether oxygens (including phenoxy) is 3. The molecular formula is C56H76N6O17. The van der Waals surface area contributed by atoms with Crippen LogP contribution >= 0.6 is 0 Å². The number of aliphatic hydroxyl groups is 4. The van der Waals surface area contributed by atoms with Crippen LogP contribution in [0.25, 0.3) is 22.3 Å². The van der Waals surface area contributed by atoms with Crippen LogP contribution in [0.2, 0.25) is 0 Å². The molecule has 2 aliphatic heterocycles. The summed E-state index contributed by atoms with van der Waals surface area (Å²) in [5.74, 6) is -7.74. The second kappa shape index (κ2) is 27.9. The van der Waals surface area contributed by atoms with Crippen LogP contribution in [0.15, 0.2) is 41.2 Å². The van der Waals surface area contributed by atoms with Crippen LogP contribution in [0.3, 0.4) is 0 Å². The number of hydrogen-bond acceptors (Lipinski definition) is 18. The van der Waals surface area contributed by atoms with Gasteiger partial charge in [-0.25, -0.2) is 14.6 Å². The molecule has 23 nitrogen and oxygen atoms in total. The highest BCUT2D eigenvalue weighted by Crippen LogP contribution is 2.41. The van der Waals surface area contributed by atoms with Gasteiger partial charge in [-0.2, -0.15) is 0 Å². The van der Waals surface area contributed by atoms with Gasteiger partial charge in [0.25, 0.3) is 11.5 Å². The molecule has 4 heterocycles. The molecule has 0 spiro atoms. The predicted octanol–water partition coefficient (Wildman–Crippen LogP) is 1.48. The highest BCUT2D eigenvalue weighted by atomic mass is 16.6. The van der Waals surface area contributed by atoms with Crippen molar-refractivity contribution in [2.24, 2.45) is 17.3 Å². The highest BCUT2D eigenvalue weighted by molar-refractivity contribution is 5.95. The van der Waals surface area contributed by atoms with Gasteiger partial charge in [0.2, 0.25) is 23.3 Å². The maximum atomic E-state index is 14.3. The molecule has 4 amide bonds.